The predicted molar refractivity (Wildman–Crippen MR) is 70.8 cm³/mol. The van der Waals surface area contributed by atoms with Crippen LogP contribution in [0.4, 0.5) is 5.82 Å². The Labute approximate surface area is 109 Å². The van der Waals surface area contributed by atoms with E-state index in [0.29, 0.717) is 22.3 Å². The second kappa shape index (κ2) is 4.50. The maximum Gasteiger partial charge on any atom is 0.165 e. The highest BCUT2D eigenvalue weighted by atomic mass is 35.5. The van der Waals surface area contributed by atoms with Crippen molar-refractivity contribution < 1.29 is 4.74 Å². The van der Waals surface area contributed by atoms with E-state index < -0.39 is 0 Å². The van der Waals surface area contributed by atoms with Crippen LogP contribution in [-0.2, 0) is 0 Å². The van der Waals surface area contributed by atoms with Crippen LogP contribution in [0.25, 0.3) is 11.3 Å². The number of hydrogen-bond donors (Lipinski definition) is 1. The van der Waals surface area contributed by atoms with Crippen molar-refractivity contribution in [3.05, 3.63) is 22.2 Å². The summed E-state index contributed by atoms with van der Waals surface area (Å²) in [4.78, 5) is 0. The van der Waals surface area contributed by atoms with E-state index >= 15 is 0 Å². The van der Waals surface area contributed by atoms with Crippen molar-refractivity contribution in [2.45, 2.75) is 13.8 Å². The molecule has 2 aromatic rings. The van der Waals surface area contributed by atoms with Crippen molar-refractivity contribution in [2.24, 2.45) is 0 Å². The smallest absolute Gasteiger partial charge is 0.165 e. The number of ether oxygens (including phenoxy) is 1. The molecule has 0 spiro atoms. The number of aryl methyl sites for hydroxylation is 1. The van der Waals surface area contributed by atoms with Gasteiger partial charge in [0.05, 0.1) is 24.4 Å². The van der Waals surface area contributed by atoms with Crippen LogP contribution in [0.1, 0.15) is 11.1 Å². The van der Waals surface area contributed by atoms with Crippen LogP contribution < -0.4 is 10.5 Å². The largest absolute Gasteiger partial charge is 0.496 e. The summed E-state index contributed by atoms with van der Waals surface area (Å²) >= 11 is 7.32. The third-order valence-corrected chi connectivity index (χ3v) is 3.74. The zero-order chi connectivity index (χ0) is 12.6. The number of rotatable bonds is 2. The van der Waals surface area contributed by atoms with Crippen molar-refractivity contribution in [1.82, 2.24) is 8.75 Å². The molecule has 0 saturated carbocycles. The predicted octanol–water partition coefficient (Wildman–Crippen LogP) is 3.07. The van der Waals surface area contributed by atoms with E-state index in [4.69, 9.17) is 22.1 Å². The quantitative estimate of drug-likeness (QED) is 0.910. The molecular formula is C11H12ClN3OS. The first-order valence-corrected chi connectivity index (χ1v) is 6.09. The lowest BCUT2D eigenvalue weighted by Gasteiger charge is -2.13. The monoisotopic (exact) mass is 269 g/mol. The van der Waals surface area contributed by atoms with E-state index in [-0.39, 0.29) is 0 Å². The summed E-state index contributed by atoms with van der Waals surface area (Å²) in [5, 5.41) is 0.702. The van der Waals surface area contributed by atoms with E-state index in [1.807, 2.05) is 19.9 Å². The summed E-state index contributed by atoms with van der Waals surface area (Å²) in [6, 6.07) is 1.88. The molecule has 17 heavy (non-hydrogen) atoms. The summed E-state index contributed by atoms with van der Waals surface area (Å²) in [5.41, 5.74) is 9.11. The molecule has 0 atom stereocenters. The summed E-state index contributed by atoms with van der Waals surface area (Å²) in [7, 11) is 1.61. The minimum atomic E-state index is 0.399. The standard InChI is InChI=1S/C11H12ClN3OS/c1-5-4-7(16-3)8(6(2)9(5)12)10-11(13)15-17-14-10/h4H,1-3H3,(H2,13,15). The van der Waals surface area contributed by atoms with Crippen LogP contribution in [0.2, 0.25) is 5.02 Å². The third kappa shape index (κ3) is 1.96. The molecule has 6 heteroatoms. The van der Waals surface area contributed by atoms with Gasteiger partial charge < -0.3 is 10.5 Å². The van der Waals surface area contributed by atoms with Crippen LogP contribution in [0.5, 0.6) is 5.75 Å². The Kier molecular flexibility index (Phi) is 3.22. The SMILES string of the molecule is COc1cc(C)c(Cl)c(C)c1-c1nsnc1N. The Bertz CT molecular complexity index is 568. The maximum absolute atomic E-state index is 6.24. The number of hydrogen-bond acceptors (Lipinski definition) is 5. The average Bonchev–Trinajstić information content (AvgIpc) is 2.72. The van der Waals surface area contributed by atoms with E-state index in [2.05, 4.69) is 8.75 Å². The fourth-order valence-electron chi connectivity index (χ4n) is 1.75. The second-order valence-electron chi connectivity index (χ2n) is 3.71. The topological polar surface area (TPSA) is 61.0 Å². The Balaban J connectivity index is 2.76. The molecule has 0 amide bonds. The number of halogens is 1. The molecule has 0 aliphatic heterocycles. The first-order valence-electron chi connectivity index (χ1n) is 4.98. The van der Waals surface area contributed by atoms with Crippen LogP contribution in [-0.4, -0.2) is 15.9 Å². The molecule has 1 aromatic carbocycles. The molecule has 0 bridgehead atoms. The molecular weight excluding hydrogens is 258 g/mol. The number of aromatic nitrogens is 2. The van der Waals surface area contributed by atoms with Crippen LogP contribution in [0, 0.1) is 13.8 Å². The van der Waals surface area contributed by atoms with Gasteiger partial charge in [0, 0.05) is 5.02 Å². The molecule has 0 saturated heterocycles. The summed E-state index contributed by atoms with van der Waals surface area (Å²) < 4.78 is 13.5. The Morgan fingerprint density at radius 2 is 2.06 bits per heavy atom. The first kappa shape index (κ1) is 12.1. The normalized spacial score (nSPS) is 10.6. The number of nitrogens with two attached hydrogens (primary N) is 1. The summed E-state index contributed by atoms with van der Waals surface area (Å²) in [6.45, 7) is 3.86. The van der Waals surface area contributed by atoms with Gasteiger partial charge in [-0.2, -0.15) is 8.75 Å². The molecule has 90 valence electrons. The number of anilines is 1. The van der Waals surface area contributed by atoms with Crippen molar-refractivity contribution in [3.63, 3.8) is 0 Å². The molecule has 0 aliphatic rings. The fraction of sp³-hybridized carbons (Fsp3) is 0.273. The molecule has 0 radical (unpaired) electrons. The summed E-state index contributed by atoms with van der Waals surface area (Å²) in [5.74, 6) is 1.11. The highest BCUT2D eigenvalue weighted by Crippen LogP contribution is 2.40. The van der Waals surface area contributed by atoms with Crippen LogP contribution in [0.15, 0.2) is 6.07 Å². The Morgan fingerprint density at radius 3 is 2.59 bits per heavy atom. The van der Waals surface area contributed by atoms with Crippen molar-refractivity contribution in [1.29, 1.82) is 0 Å². The van der Waals surface area contributed by atoms with Crippen LogP contribution >= 0.6 is 23.3 Å². The molecule has 0 unspecified atom stereocenters. The zero-order valence-corrected chi connectivity index (χ0v) is 11.3. The second-order valence-corrected chi connectivity index (χ2v) is 4.61. The lowest BCUT2D eigenvalue weighted by molar-refractivity contribution is 0.416. The van der Waals surface area contributed by atoms with Gasteiger partial charge in [0.2, 0.25) is 0 Å². The molecule has 2 N–H and O–H groups in total. The maximum atomic E-state index is 6.24. The molecule has 4 nitrogen and oxygen atoms in total. The van der Waals surface area contributed by atoms with Gasteiger partial charge in [-0.25, -0.2) is 0 Å². The fourth-order valence-corrected chi connectivity index (χ4v) is 2.38. The minimum Gasteiger partial charge on any atom is -0.496 e. The van der Waals surface area contributed by atoms with Crippen molar-refractivity contribution in [3.8, 4) is 17.0 Å². The van der Waals surface area contributed by atoms with Gasteiger partial charge >= 0.3 is 0 Å². The van der Waals surface area contributed by atoms with Gasteiger partial charge in [-0.05, 0) is 31.0 Å². The van der Waals surface area contributed by atoms with Gasteiger partial charge in [-0.1, -0.05) is 11.6 Å². The summed E-state index contributed by atoms with van der Waals surface area (Å²) in [6.07, 6.45) is 0. The number of nitrogen functional groups attached to an aromatic ring is 1. The van der Waals surface area contributed by atoms with Gasteiger partial charge in [-0.15, -0.1) is 0 Å². The molecule has 0 aliphatic carbocycles. The molecule has 0 fully saturated rings. The van der Waals surface area contributed by atoms with Crippen LogP contribution in [0.3, 0.4) is 0 Å². The van der Waals surface area contributed by atoms with E-state index in [1.54, 1.807) is 7.11 Å². The lowest BCUT2D eigenvalue weighted by atomic mass is 10.0. The first-order chi connectivity index (χ1) is 8.06. The van der Waals surface area contributed by atoms with E-state index in [0.717, 1.165) is 28.4 Å². The average molecular weight is 270 g/mol. The molecule has 2 rings (SSSR count). The number of methoxy groups -OCH3 is 1. The zero-order valence-electron chi connectivity index (χ0n) is 9.74. The molecule has 1 aromatic heterocycles. The Morgan fingerprint density at radius 1 is 1.35 bits per heavy atom. The van der Waals surface area contributed by atoms with Gasteiger partial charge in [0.15, 0.2) is 5.82 Å². The third-order valence-electron chi connectivity index (χ3n) is 2.62. The minimum absolute atomic E-state index is 0.399. The van der Waals surface area contributed by atoms with Crippen molar-refractivity contribution in [2.75, 3.05) is 12.8 Å². The van der Waals surface area contributed by atoms with E-state index in [9.17, 15) is 0 Å². The number of nitrogens with zero attached hydrogens (tertiary/aromatic N) is 2. The lowest BCUT2D eigenvalue weighted by Crippen LogP contribution is -1.97. The van der Waals surface area contributed by atoms with Crippen molar-refractivity contribution >= 4 is 29.1 Å². The van der Waals surface area contributed by atoms with Gasteiger partial charge in [0.1, 0.15) is 11.4 Å². The van der Waals surface area contributed by atoms with E-state index in [1.165, 1.54) is 0 Å². The highest BCUT2D eigenvalue weighted by Gasteiger charge is 2.19. The highest BCUT2D eigenvalue weighted by molar-refractivity contribution is 6.99. The van der Waals surface area contributed by atoms with Gasteiger partial charge in [0.25, 0.3) is 0 Å². The molecule has 1 heterocycles. The Hall–Kier alpha value is -1.33. The van der Waals surface area contributed by atoms with Gasteiger partial charge in [-0.3, -0.25) is 0 Å². The number of benzene rings is 1.